The molecular formula is C14H17NO2. The van der Waals surface area contributed by atoms with Crippen LogP contribution in [0.4, 0.5) is 0 Å². The molecule has 17 heavy (non-hydrogen) atoms. The molecule has 1 N–H and O–H groups in total. The second kappa shape index (κ2) is 4.15. The van der Waals surface area contributed by atoms with Crippen LogP contribution in [-0.4, -0.2) is 26.2 Å². The first-order valence-electron chi connectivity index (χ1n) is 6.17. The lowest BCUT2D eigenvalue weighted by molar-refractivity contribution is -0.141. The molecule has 0 amide bonds. The fraction of sp³-hybridized carbons (Fsp3) is 0.500. The third-order valence-electron chi connectivity index (χ3n) is 4.19. The molecular weight excluding hydrogens is 214 g/mol. The molecule has 1 aliphatic carbocycles. The standard InChI is InChI=1S/C14H17NO2/c1-17-14(16)6-11-9-4-2-3-5-10(9)12-7-15-8-13(11)12/h2-5,11-13,15H,6-8H2,1H3. The number of nitrogens with one attached hydrogen (secondary N) is 1. The molecule has 2 aliphatic rings. The van der Waals surface area contributed by atoms with E-state index in [9.17, 15) is 4.79 Å². The number of esters is 1. The first-order valence-corrected chi connectivity index (χ1v) is 6.17. The average Bonchev–Trinajstić information content (AvgIpc) is 2.93. The second-order valence-electron chi connectivity index (χ2n) is 4.94. The van der Waals surface area contributed by atoms with E-state index in [-0.39, 0.29) is 5.97 Å². The molecule has 1 aromatic carbocycles. The van der Waals surface area contributed by atoms with Gasteiger partial charge >= 0.3 is 5.97 Å². The molecule has 1 aliphatic heterocycles. The smallest absolute Gasteiger partial charge is 0.306 e. The molecule has 1 aromatic rings. The van der Waals surface area contributed by atoms with Crippen molar-refractivity contribution in [2.24, 2.45) is 5.92 Å². The van der Waals surface area contributed by atoms with Crippen LogP contribution in [0.3, 0.4) is 0 Å². The van der Waals surface area contributed by atoms with Crippen LogP contribution in [0, 0.1) is 5.92 Å². The van der Waals surface area contributed by atoms with Gasteiger partial charge in [-0.1, -0.05) is 24.3 Å². The number of carbonyl (C=O) groups is 1. The number of hydrogen-bond donors (Lipinski definition) is 1. The van der Waals surface area contributed by atoms with Gasteiger partial charge in [-0.05, 0) is 29.5 Å². The van der Waals surface area contributed by atoms with Crippen LogP contribution >= 0.6 is 0 Å². The van der Waals surface area contributed by atoms with E-state index < -0.39 is 0 Å². The maximum atomic E-state index is 11.5. The Morgan fingerprint density at radius 3 is 2.88 bits per heavy atom. The Kier molecular flexibility index (Phi) is 2.63. The number of ether oxygens (including phenoxy) is 1. The van der Waals surface area contributed by atoms with E-state index in [1.807, 2.05) is 0 Å². The monoisotopic (exact) mass is 231 g/mol. The maximum absolute atomic E-state index is 11.5. The van der Waals surface area contributed by atoms with Gasteiger partial charge in [0.25, 0.3) is 0 Å². The molecule has 1 heterocycles. The average molecular weight is 231 g/mol. The van der Waals surface area contributed by atoms with Crippen LogP contribution < -0.4 is 5.32 Å². The molecule has 0 spiro atoms. The number of carbonyl (C=O) groups excluding carboxylic acids is 1. The Morgan fingerprint density at radius 2 is 2.12 bits per heavy atom. The largest absolute Gasteiger partial charge is 0.469 e. The first kappa shape index (κ1) is 10.8. The van der Waals surface area contributed by atoms with Gasteiger partial charge in [-0.15, -0.1) is 0 Å². The van der Waals surface area contributed by atoms with Crippen molar-refractivity contribution in [3.05, 3.63) is 35.4 Å². The van der Waals surface area contributed by atoms with Crippen LogP contribution in [-0.2, 0) is 9.53 Å². The summed E-state index contributed by atoms with van der Waals surface area (Å²) in [5.41, 5.74) is 2.78. The number of methoxy groups -OCH3 is 1. The molecule has 3 unspecified atom stereocenters. The van der Waals surface area contributed by atoms with Gasteiger partial charge in [0.05, 0.1) is 13.5 Å². The Hall–Kier alpha value is -1.35. The van der Waals surface area contributed by atoms with Crippen molar-refractivity contribution in [1.29, 1.82) is 0 Å². The lowest BCUT2D eigenvalue weighted by atomic mass is 9.87. The summed E-state index contributed by atoms with van der Waals surface area (Å²) in [5.74, 6) is 1.38. The Morgan fingerprint density at radius 1 is 1.35 bits per heavy atom. The van der Waals surface area contributed by atoms with Crippen LogP contribution in [0.5, 0.6) is 0 Å². The third kappa shape index (κ3) is 1.65. The van der Waals surface area contributed by atoms with E-state index in [2.05, 4.69) is 29.6 Å². The van der Waals surface area contributed by atoms with Crippen molar-refractivity contribution in [3.63, 3.8) is 0 Å². The minimum atomic E-state index is -0.0997. The zero-order chi connectivity index (χ0) is 11.8. The fourth-order valence-corrected chi connectivity index (χ4v) is 3.40. The van der Waals surface area contributed by atoms with Crippen LogP contribution in [0.25, 0.3) is 0 Å². The topological polar surface area (TPSA) is 38.3 Å². The predicted molar refractivity (Wildman–Crippen MR) is 64.9 cm³/mol. The molecule has 0 saturated carbocycles. The van der Waals surface area contributed by atoms with Gasteiger partial charge in [-0.2, -0.15) is 0 Å². The van der Waals surface area contributed by atoms with Gasteiger partial charge in [-0.3, -0.25) is 4.79 Å². The summed E-state index contributed by atoms with van der Waals surface area (Å²) < 4.78 is 4.82. The first-order chi connectivity index (χ1) is 8.31. The van der Waals surface area contributed by atoms with Gasteiger partial charge in [0.15, 0.2) is 0 Å². The van der Waals surface area contributed by atoms with E-state index in [1.54, 1.807) is 0 Å². The molecule has 1 saturated heterocycles. The Bertz CT molecular complexity index is 444. The summed E-state index contributed by atoms with van der Waals surface area (Å²) in [6, 6.07) is 8.53. The van der Waals surface area contributed by atoms with Crippen molar-refractivity contribution in [2.75, 3.05) is 20.2 Å². The highest BCUT2D eigenvalue weighted by atomic mass is 16.5. The van der Waals surface area contributed by atoms with Crippen LogP contribution in [0.1, 0.15) is 29.4 Å². The van der Waals surface area contributed by atoms with Crippen molar-refractivity contribution < 1.29 is 9.53 Å². The summed E-state index contributed by atoms with van der Waals surface area (Å²) in [6.07, 6.45) is 0.510. The van der Waals surface area contributed by atoms with Gasteiger partial charge in [0.2, 0.25) is 0 Å². The Labute approximate surface area is 101 Å². The lowest BCUT2D eigenvalue weighted by Gasteiger charge is -2.17. The number of hydrogen-bond acceptors (Lipinski definition) is 3. The number of benzene rings is 1. The highest BCUT2D eigenvalue weighted by Crippen LogP contribution is 2.49. The van der Waals surface area contributed by atoms with Gasteiger partial charge in [0, 0.05) is 12.5 Å². The molecule has 3 atom stereocenters. The van der Waals surface area contributed by atoms with E-state index in [1.165, 1.54) is 18.2 Å². The third-order valence-corrected chi connectivity index (χ3v) is 4.19. The normalized spacial score (nSPS) is 29.8. The van der Waals surface area contributed by atoms with E-state index in [4.69, 9.17) is 4.74 Å². The van der Waals surface area contributed by atoms with E-state index >= 15 is 0 Å². The molecule has 3 rings (SSSR count). The van der Waals surface area contributed by atoms with E-state index in [0.717, 1.165) is 13.1 Å². The Balaban J connectivity index is 1.94. The summed E-state index contributed by atoms with van der Waals surface area (Å²) in [5, 5.41) is 3.43. The van der Waals surface area contributed by atoms with Gasteiger partial charge in [0.1, 0.15) is 0 Å². The SMILES string of the molecule is COC(=O)CC1c2ccccc2C2CNCC21. The fourth-order valence-electron chi connectivity index (χ4n) is 3.40. The number of fused-ring (bicyclic) bond motifs is 3. The maximum Gasteiger partial charge on any atom is 0.306 e. The summed E-state index contributed by atoms with van der Waals surface area (Å²) in [7, 11) is 1.47. The summed E-state index contributed by atoms with van der Waals surface area (Å²) in [4.78, 5) is 11.5. The summed E-state index contributed by atoms with van der Waals surface area (Å²) >= 11 is 0. The van der Waals surface area contributed by atoms with Crippen molar-refractivity contribution >= 4 is 5.97 Å². The minimum absolute atomic E-state index is 0.0997. The highest BCUT2D eigenvalue weighted by molar-refractivity contribution is 5.71. The zero-order valence-electron chi connectivity index (χ0n) is 9.98. The van der Waals surface area contributed by atoms with Gasteiger partial charge in [-0.25, -0.2) is 0 Å². The lowest BCUT2D eigenvalue weighted by Crippen LogP contribution is -2.18. The molecule has 90 valence electrons. The van der Waals surface area contributed by atoms with Crippen molar-refractivity contribution in [2.45, 2.75) is 18.3 Å². The summed E-state index contributed by atoms with van der Waals surface area (Å²) in [6.45, 7) is 2.06. The molecule has 1 fully saturated rings. The predicted octanol–water partition coefficient (Wildman–Crippen LogP) is 1.65. The molecule has 3 heteroatoms. The molecule has 0 radical (unpaired) electrons. The second-order valence-corrected chi connectivity index (χ2v) is 4.94. The minimum Gasteiger partial charge on any atom is -0.469 e. The van der Waals surface area contributed by atoms with Crippen LogP contribution in [0.15, 0.2) is 24.3 Å². The van der Waals surface area contributed by atoms with Crippen LogP contribution in [0.2, 0.25) is 0 Å². The van der Waals surface area contributed by atoms with Crippen molar-refractivity contribution in [3.8, 4) is 0 Å². The van der Waals surface area contributed by atoms with Crippen molar-refractivity contribution in [1.82, 2.24) is 5.32 Å². The quantitative estimate of drug-likeness (QED) is 0.786. The zero-order valence-corrected chi connectivity index (χ0v) is 9.98. The van der Waals surface area contributed by atoms with Gasteiger partial charge < -0.3 is 10.1 Å². The molecule has 3 nitrogen and oxygen atoms in total. The number of rotatable bonds is 2. The molecule has 0 aromatic heterocycles. The highest BCUT2D eigenvalue weighted by Gasteiger charge is 2.43. The van der Waals surface area contributed by atoms with E-state index in [0.29, 0.717) is 24.2 Å². The molecule has 0 bridgehead atoms.